The number of ether oxygens (including phenoxy) is 2. The van der Waals surface area contributed by atoms with Crippen LogP contribution in [0, 0.1) is 5.92 Å². The highest BCUT2D eigenvalue weighted by molar-refractivity contribution is 5.05. The van der Waals surface area contributed by atoms with Crippen LogP contribution in [0.5, 0.6) is 0 Å². The SMILES string of the molecule is CNC1C(CN(C)CCCOC)C(C)(C)OC1(C)C. The lowest BCUT2D eigenvalue weighted by atomic mass is 9.82. The van der Waals surface area contributed by atoms with Crippen molar-refractivity contribution in [2.75, 3.05) is 40.9 Å². The predicted molar refractivity (Wildman–Crippen MR) is 79.6 cm³/mol. The largest absolute Gasteiger partial charge is 0.385 e. The van der Waals surface area contributed by atoms with E-state index in [1.807, 2.05) is 7.05 Å². The maximum Gasteiger partial charge on any atom is 0.0790 e. The third kappa shape index (κ3) is 4.15. The zero-order chi connectivity index (χ0) is 14.7. The molecule has 1 heterocycles. The van der Waals surface area contributed by atoms with Crippen molar-refractivity contribution in [1.29, 1.82) is 0 Å². The molecule has 1 N–H and O–H groups in total. The van der Waals surface area contributed by atoms with Gasteiger partial charge in [-0.3, -0.25) is 0 Å². The van der Waals surface area contributed by atoms with Gasteiger partial charge in [0, 0.05) is 38.8 Å². The molecule has 1 fully saturated rings. The van der Waals surface area contributed by atoms with E-state index in [0.29, 0.717) is 12.0 Å². The molecule has 19 heavy (non-hydrogen) atoms. The number of rotatable bonds is 7. The standard InChI is InChI=1S/C15H32N2O2/c1-14(2)12(11-17(6)9-8-10-18-7)13(16-5)15(3,4)19-14/h12-13,16H,8-11H2,1-7H3. The van der Waals surface area contributed by atoms with Gasteiger partial charge >= 0.3 is 0 Å². The summed E-state index contributed by atoms with van der Waals surface area (Å²) in [5, 5.41) is 3.46. The summed E-state index contributed by atoms with van der Waals surface area (Å²) in [7, 11) is 5.98. The molecule has 0 aromatic rings. The average Bonchev–Trinajstić information content (AvgIpc) is 2.44. The maximum atomic E-state index is 6.26. The number of hydrogen-bond donors (Lipinski definition) is 1. The summed E-state index contributed by atoms with van der Waals surface area (Å²) >= 11 is 0. The van der Waals surface area contributed by atoms with E-state index in [4.69, 9.17) is 9.47 Å². The van der Waals surface area contributed by atoms with Crippen LogP contribution in [0.1, 0.15) is 34.1 Å². The lowest BCUT2D eigenvalue weighted by Crippen LogP contribution is -2.49. The van der Waals surface area contributed by atoms with Crippen LogP contribution in [-0.2, 0) is 9.47 Å². The smallest absolute Gasteiger partial charge is 0.0790 e. The van der Waals surface area contributed by atoms with Gasteiger partial charge in [0.15, 0.2) is 0 Å². The lowest BCUT2D eigenvalue weighted by molar-refractivity contribution is -0.0790. The van der Waals surface area contributed by atoms with E-state index in [9.17, 15) is 0 Å². The number of methoxy groups -OCH3 is 1. The van der Waals surface area contributed by atoms with Gasteiger partial charge in [-0.2, -0.15) is 0 Å². The molecule has 0 radical (unpaired) electrons. The third-order valence-electron chi connectivity index (χ3n) is 4.28. The summed E-state index contributed by atoms with van der Waals surface area (Å²) in [4.78, 5) is 2.39. The molecule has 0 bridgehead atoms. The Morgan fingerprint density at radius 2 is 1.84 bits per heavy atom. The Morgan fingerprint density at radius 3 is 2.37 bits per heavy atom. The zero-order valence-corrected chi connectivity index (χ0v) is 13.7. The monoisotopic (exact) mass is 272 g/mol. The van der Waals surface area contributed by atoms with Crippen molar-refractivity contribution < 1.29 is 9.47 Å². The van der Waals surface area contributed by atoms with E-state index in [1.165, 1.54) is 0 Å². The summed E-state index contributed by atoms with van der Waals surface area (Å²) in [6.07, 6.45) is 1.08. The first kappa shape index (κ1) is 16.9. The fourth-order valence-corrected chi connectivity index (χ4v) is 3.48. The van der Waals surface area contributed by atoms with Gasteiger partial charge in [0.2, 0.25) is 0 Å². The highest BCUT2D eigenvalue weighted by atomic mass is 16.5. The van der Waals surface area contributed by atoms with Gasteiger partial charge in [-0.1, -0.05) is 0 Å². The second kappa shape index (κ2) is 6.53. The van der Waals surface area contributed by atoms with Crippen LogP contribution in [0.25, 0.3) is 0 Å². The molecule has 0 aromatic heterocycles. The molecule has 0 spiro atoms. The van der Waals surface area contributed by atoms with Crippen molar-refractivity contribution in [3.05, 3.63) is 0 Å². The molecule has 1 rings (SSSR count). The molecule has 0 saturated carbocycles. The van der Waals surface area contributed by atoms with Crippen LogP contribution in [0.2, 0.25) is 0 Å². The zero-order valence-electron chi connectivity index (χ0n) is 13.7. The molecular formula is C15H32N2O2. The Kier molecular flexibility index (Phi) is 5.80. The summed E-state index contributed by atoms with van der Waals surface area (Å²) in [5.74, 6) is 0.486. The van der Waals surface area contributed by atoms with Crippen LogP contribution in [-0.4, -0.2) is 63.0 Å². The number of nitrogens with one attached hydrogen (secondary N) is 1. The van der Waals surface area contributed by atoms with Gasteiger partial charge < -0.3 is 19.7 Å². The van der Waals surface area contributed by atoms with Gasteiger partial charge in [-0.15, -0.1) is 0 Å². The molecule has 114 valence electrons. The van der Waals surface area contributed by atoms with Crippen molar-refractivity contribution >= 4 is 0 Å². The lowest BCUT2D eigenvalue weighted by Gasteiger charge is -2.32. The Morgan fingerprint density at radius 1 is 1.21 bits per heavy atom. The fraction of sp³-hybridized carbons (Fsp3) is 1.00. The van der Waals surface area contributed by atoms with Crippen molar-refractivity contribution in [2.24, 2.45) is 5.92 Å². The molecule has 2 atom stereocenters. The van der Waals surface area contributed by atoms with Crippen LogP contribution in [0.4, 0.5) is 0 Å². The Bertz CT molecular complexity index is 279. The second-order valence-electron chi connectivity index (χ2n) is 6.79. The first-order chi connectivity index (χ1) is 8.74. The van der Waals surface area contributed by atoms with Crippen molar-refractivity contribution in [3.8, 4) is 0 Å². The highest BCUT2D eigenvalue weighted by Gasteiger charge is 2.53. The van der Waals surface area contributed by atoms with Gasteiger partial charge in [0.1, 0.15) is 0 Å². The van der Waals surface area contributed by atoms with Crippen LogP contribution in [0.3, 0.4) is 0 Å². The highest BCUT2D eigenvalue weighted by Crippen LogP contribution is 2.42. The first-order valence-corrected chi connectivity index (χ1v) is 7.29. The van der Waals surface area contributed by atoms with E-state index in [1.54, 1.807) is 7.11 Å². The van der Waals surface area contributed by atoms with Gasteiger partial charge in [-0.05, 0) is 48.2 Å². The molecular weight excluding hydrogens is 240 g/mol. The topological polar surface area (TPSA) is 33.7 Å². The summed E-state index contributed by atoms with van der Waals surface area (Å²) in [5.41, 5.74) is -0.205. The van der Waals surface area contributed by atoms with Crippen LogP contribution in [0.15, 0.2) is 0 Å². The number of nitrogens with zero attached hydrogens (tertiary/aromatic N) is 1. The van der Waals surface area contributed by atoms with E-state index in [0.717, 1.165) is 26.1 Å². The van der Waals surface area contributed by atoms with E-state index in [-0.39, 0.29) is 11.2 Å². The quantitative estimate of drug-likeness (QED) is 0.716. The summed E-state index contributed by atoms with van der Waals surface area (Å²) in [6, 6.07) is 0.382. The molecule has 1 saturated heterocycles. The van der Waals surface area contributed by atoms with Gasteiger partial charge in [0.05, 0.1) is 11.2 Å². The molecule has 1 aliphatic heterocycles. The minimum absolute atomic E-state index is 0.0906. The molecule has 0 aromatic carbocycles. The summed E-state index contributed by atoms with van der Waals surface area (Å²) < 4.78 is 11.4. The average molecular weight is 272 g/mol. The van der Waals surface area contributed by atoms with Crippen LogP contribution < -0.4 is 5.32 Å². The predicted octanol–water partition coefficient (Wildman–Crippen LogP) is 1.75. The van der Waals surface area contributed by atoms with E-state index < -0.39 is 0 Å². The van der Waals surface area contributed by atoms with E-state index in [2.05, 4.69) is 45.0 Å². The molecule has 1 aliphatic rings. The van der Waals surface area contributed by atoms with Crippen molar-refractivity contribution in [2.45, 2.75) is 51.4 Å². The van der Waals surface area contributed by atoms with Gasteiger partial charge in [0.25, 0.3) is 0 Å². The Hall–Kier alpha value is -0.160. The molecule has 0 aliphatic carbocycles. The molecule has 4 nitrogen and oxygen atoms in total. The molecule has 2 unspecified atom stereocenters. The maximum absolute atomic E-state index is 6.26. The molecule has 0 amide bonds. The number of likely N-dealkylation sites (N-methyl/N-ethyl adjacent to an activating group) is 1. The minimum Gasteiger partial charge on any atom is -0.385 e. The van der Waals surface area contributed by atoms with E-state index >= 15 is 0 Å². The number of hydrogen-bond acceptors (Lipinski definition) is 4. The second-order valence-corrected chi connectivity index (χ2v) is 6.79. The van der Waals surface area contributed by atoms with Crippen LogP contribution >= 0.6 is 0 Å². The first-order valence-electron chi connectivity index (χ1n) is 7.29. The van der Waals surface area contributed by atoms with Crippen molar-refractivity contribution in [1.82, 2.24) is 10.2 Å². The Labute approximate surface area is 118 Å². The van der Waals surface area contributed by atoms with Gasteiger partial charge in [-0.25, -0.2) is 0 Å². The summed E-state index contributed by atoms with van der Waals surface area (Å²) in [6.45, 7) is 11.7. The third-order valence-corrected chi connectivity index (χ3v) is 4.28. The van der Waals surface area contributed by atoms with Crippen molar-refractivity contribution in [3.63, 3.8) is 0 Å². The normalized spacial score (nSPS) is 29.1. The molecule has 4 heteroatoms. The fourth-order valence-electron chi connectivity index (χ4n) is 3.48. The Balaban J connectivity index is 2.63. The minimum atomic E-state index is -0.115.